The van der Waals surface area contributed by atoms with Crippen molar-refractivity contribution in [2.45, 2.75) is 50.1 Å². The largest absolute Gasteiger partial charge is 0.496 e. The van der Waals surface area contributed by atoms with Gasteiger partial charge in [0.25, 0.3) is 0 Å². The number of ether oxygens (including phenoxy) is 4. The molecule has 0 saturated carbocycles. The minimum Gasteiger partial charge on any atom is -0.496 e. The second kappa shape index (κ2) is 13.0. The van der Waals surface area contributed by atoms with Crippen molar-refractivity contribution in [3.05, 3.63) is 95.2 Å². The smallest absolute Gasteiger partial charge is 0.179 e. The molecule has 0 spiro atoms. The molecule has 0 aliphatic carbocycles. The topological polar surface area (TPSA) is 109 Å². The van der Waals surface area contributed by atoms with E-state index in [4.69, 9.17) is 30.5 Å². The summed E-state index contributed by atoms with van der Waals surface area (Å²) in [5, 5.41) is 3.74. The summed E-state index contributed by atoms with van der Waals surface area (Å²) < 4.78 is 62.5. The number of hydrogen-bond donors (Lipinski definition) is 1. The van der Waals surface area contributed by atoms with Crippen LogP contribution in [0, 0.1) is 5.82 Å². The molecule has 0 radical (unpaired) electrons. The predicted molar refractivity (Wildman–Crippen MR) is 168 cm³/mol. The van der Waals surface area contributed by atoms with Crippen LogP contribution in [0.3, 0.4) is 0 Å². The molecule has 1 aromatic heterocycles. The number of sulfone groups is 1. The van der Waals surface area contributed by atoms with Crippen LogP contribution >= 0.6 is 11.6 Å². The summed E-state index contributed by atoms with van der Waals surface area (Å²) >= 11 is 6.52. The summed E-state index contributed by atoms with van der Waals surface area (Å²) in [6.07, 6.45) is 5.31. The Labute approximate surface area is 260 Å². The zero-order chi connectivity index (χ0) is 31.5. The van der Waals surface area contributed by atoms with Gasteiger partial charge in [-0.1, -0.05) is 23.7 Å². The number of methoxy groups -OCH3 is 1. The predicted octanol–water partition coefficient (Wildman–Crippen LogP) is 7.07. The average Bonchev–Trinajstić information content (AvgIpc) is 3.49. The Morgan fingerprint density at radius 3 is 2.59 bits per heavy atom. The van der Waals surface area contributed by atoms with E-state index in [-0.39, 0.29) is 19.0 Å². The highest BCUT2D eigenvalue weighted by atomic mass is 35.5. The summed E-state index contributed by atoms with van der Waals surface area (Å²) in [5.74, 6) is 1.12. The van der Waals surface area contributed by atoms with Crippen LogP contribution in [0.15, 0.2) is 73.3 Å². The van der Waals surface area contributed by atoms with Gasteiger partial charge in [-0.15, -0.1) is 0 Å². The first kappa shape index (κ1) is 31.5. The average molecular weight is 642 g/mol. The van der Waals surface area contributed by atoms with Gasteiger partial charge >= 0.3 is 0 Å². The first-order chi connectivity index (χ1) is 21.0. The van der Waals surface area contributed by atoms with Crippen LogP contribution < -0.4 is 14.8 Å². The molecular weight excluding hydrogens is 609 g/mol. The maximum atomic E-state index is 13.5. The Morgan fingerprint density at radius 1 is 1.09 bits per heavy atom. The maximum absolute atomic E-state index is 13.5. The Bertz CT molecular complexity index is 1790. The van der Waals surface area contributed by atoms with E-state index in [2.05, 4.69) is 15.3 Å². The number of hydrogen-bond acceptors (Lipinski definition) is 9. The van der Waals surface area contributed by atoms with Gasteiger partial charge in [-0.25, -0.2) is 22.8 Å². The van der Waals surface area contributed by atoms with Crippen LogP contribution in [0.4, 0.5) is 15.9 Å². The molecule has 232 valence electrons. The van der Waals surface area contributed by atoms with Crippen LogP contribution in [0.2, 0.25) is 5.02 Å². The van der Waals surface area contributed by atoms with Crippen LogP contribution in [-0.4, -0.2) is 42.8 Å². The summed E-state index contributed by atoms with van der Waals surface area (Å²) in [6, 6.07) is 15.0. The quantitative estimate of drug-likeness (QED) is 0.174. The molecule has 1 aliphatic rings. The highest BCUT2D eigenvalue weighted by Gasteiger charge is 2.41. The van der Waals surface area contributed by atoms with Crippen molar-refractivity contribution in [1.82, 2.24) is 9.97 Å². The fraction of sp³-hybridized carbons (Fsp3) is 0.312. The molecule has 0 fully saturated rings. The van der Waals surface area contributed by atoms with Crippen molar-refractivity contribution in [1.29, 1.82) is 0 Å². The molecule has 1 aliphatic heterocycles. The standard InChI is InChI=1S/C32H33ClFN3O6S/c1-20(2)44(38,39)21(3)42-18-32(11-6-12-43-32)26-15-25-28(16-30(26)40-4)35-19-36-31(25)37-24-9-10-29(27(33)14-24)41-17-22-7-5-8-23(34)13-22/h5-10,12-16,19-21H,11,17-18H2,1-4H3,(H,35,36,37). The molecule has 3 aromatic carbocycles. The number of fused-ring (bicyclic) bond motifs is 1. The Hall–Kier alpha value is -3.93. The molecule has 9 nitrogen and oxygen atoms in total. The molecule has 0 amide bonds. The van der Waals surface area contributed by atoms with E-state index in [1.165, 1.54) is 25.4 Å². The number of nitrogens with zero attached hydrogens (tertiary/aromatic N) is 2. The summed E-state index contributed by atoms with van der Waals surface area (Å²) in [7, 11) is -1.94. The molecule has 2 atom stereocenters. The first-order valence-corrected chi connectivity index (χ1v) is 16.0. The number of benzene rings is 3. The second-order valence-corrected chi connectivity index (χ2v) is 13.9. The molecular formula is C32H33ClFN3O6S. The highest BCUT2D eigenvalue weighted by molar-refractivity contribution is 7.92. The van der Waals surface area contributed by atoms with E-state index >= 15 is 0 Å². The lowest BCUT2D eigenvalue weighted by atomic mass is 9.90. The minimum atomic E-state index is -3.49. The third-order valence-corrected chi connectivity index (χ3v) is 10.1. The van der Waals surface area contributed by atoms with Crippen molar-refractivity contribution in [2.75, 3.05) is 19.0 Å². The van der Waals surface area contributed by atoms with Gasteiger partial charge < -0.3 is 24.3 Å². The molecule has 4 aromatic rings. The van der Waals surface area contributed by atoms with Gasteiger partial charge in [0.15, 0.2) is 20.9 Å². The number of rotatable bonds is 12. The van der Waals surface area contributed by atoms with Gasteiger partial charge in [0, 0.05) is 29.1 Å². The lowest BCUT2D eigenvalue weighted by Gasteiger charge is -2.32. The monoisotopic (exact) mass is 641 g/mol. The van der Waals surface area contributed by atoms with Crippen molar-refractivity contribution in [3.8, 4) is 11.5 Å². The molecule has 5 rings (SSSR count). The molecule has 0 bridgehead atoms. The van der Waals surface area contributed by atoms with E-state index in [9.17, 15) is 12.8 Å². The number of nitrogens with one attached hydrogen (secondary N) is 1. The number of halogens is 2. The van der Waals surface area contributed by atoms with E-state index < -0.39 is 26.1 Å². The van der Waals surface area contributed by atoms with Gasteiger partial charge in [0.2, 0.25) is 0 Å². The van der Waals surface area contributed by atoms with Gasteiger partial charge in [-0.2, -0.15) is 0 Å². The molecule has 2 heterocycles. The molecule has 12 heteroatoms. The summed E-state index contributed by atoms with van der Waals surface area (Å²) in [6.45, 7) is 4.91. The zero-order valence-corrected chi connectivity index (χ0v) is 26.3. The highest BCUT2D eigenvalue weighted by Crippen LogP contribution is 2.43. The van der Waals surface area contributed by atoms with E-state index in [0.29, 0.717) is 56.5 Å². The lowest BCUT2D eigenvalue weighted by Crippen LogP contribution is -2.36. The van der Waals surface area contributed by atoms with E-state index in [1.54, 1.807) is 63.6 Å². The van der Waals surface area contributed by atoms with Crippen LogP contribution in [0.1, 0.15) is 38.3 Å². The summed E-state index contributed by atoms with van der Waals surface area (Å²) in [4.78, 5) is 8.90. The van der Waals surface area contributed by atoms with Crippen molar-refractivity contribution in [3.63, 3.8) is 0 Å². The minimum absolute atomic E-state index is 0.0296. The Balaban J connectivity index is 1.42. The number of anilines is 2. The van der Waals surface area contributed by atoms with E-state index in [0.717, 1.165) is 0 Å². The van der Waals surface area contributed by atoms with Gasteiger partial charge in [-0.3, -0.25) is 0 Å². The molecule has 0 saturated heterocycles. The Kier molecular flexibility index (Phi) is 9.28. The zero-order valence-electron chi connectivity index (χ0n) is 24.7. The third-order valence-electron chi connectivity index (χ3n) is 7.43. The van der Waals surface area contributed by atoms with Gasteiger partial charge in [-0.05, 0) is 68.8 Å². The third kappa shape index (κ3) is 6.59. The Morgan fingerprint density at radius 2 is 1.91 bits per heavy atom. The van der Waals surface area contributed by atoms with Crippen LogP contribution in [0.25, 0.3) is 10.9 Å². The fourth-order valence-electron chi connectivity index (χ4n) is 4.87. The number of aromatic nitrogens is 2. The summed E-state index contributed by atoms with van der Waals surface area (Å²) in [5.41, 5.74) is 0.543. The fourth-order valence-corrected chi connectivity index (χ4v) is 6.13. The van der Waals surface area contributed by atoms with Crippen LogP contribution in [0.5, 0.6) is 11.5 Å². The van der Waals surface area contributed by atoms with Crippen LogP contribution in [-0.2, 0) is 31.5 Å². The van der Waals surface area contributed by atoms with E-state index in [1.807, 2.05) is 12.1 Å². The molecule has 1 N–H and O–H groups in total. The first-order valence-electron chi connectivity index (χ1n) is 14.0. The molecule has 44 heavy (non-hydrogen) atoms. The normalized spacial score (nSPS) is 17.1. The molecule has 2 unspecified atom stereocenters. The van der Waals surface area contributed by atoms with Gasteiger partial charge in [0.1, 0.15) is 36.1 Å². The van der Waals surface area contributed by atoms with Crippen molar-refractivity contribution >= 4 is 43.8 Å². The lowest BCUT2D eigenvalue weighted by molar-refractivity contribution is -0.0521. The maximum Gasteiger partial charge on any atom is 0.179 e. The second-order valence-electron chi connectivity index (χ2n) is 10.7. The van der Waals surface area contributed by atoms with Crippen molar-refractivity contribution in [2.24, 2.45) is 0 Å². The SMILES string of the molecule is COc1cc2ncnc(Nc3ccc(OCc4cccc(F)c4)c(Cl)c3)c2cc1C1(COC(C)S(=O)(=O)C(C)C)CC=CO1. The van der Waals surface area contributed by atoms with Gasteiger partial charge in [0.05, 0.1) is 35.8 Å². The van der Waals surface area contributed by atoms with Crippen molar-refractivity contribution < 1.29 is 31.8 Å².